The van der Waals surface area contributed by atoms with E-state index in [1.165, 1.54) is 89.9 Å². The van der Waals surface area contributed by atoms with E-state index in [0.717, 1.165) is 51.6 Å². The van der Waals surface area contributed by atoms with Crippen LogP contribution in [0.2, 0.25) is 0 Å². The second-order valence-corrected chi connectivity index (χ2v) is 10.0. The lowest BCUT2D eigenvalue weighted by Gasteiger charge is -2.35. The molecule has 0 rings (SSSR count). The number of Topliss-reactive ketones (excluding diaryl/α,β-unsaturated/α-hetero) is 1. The van der Waals surface area contributed by atoms with Crippen LogP contribution in [0.5, 0.6) is 0 Å². The maximum atomic E-state index is 12.7. The maximum Gasteiger partial charge on any atom is 0.189 e. The van der Waals surface area contributed by atoms with Gasteiger partial charge in [-0.3, -0.25) is 4.79 Å². The highest BCUT2D eigenvalue weighted by Gasteiger charge is 2.31. The van der Waals surface area contributed by atoms with Gasteiger partial charge in [0.2, 0.25) is 0 Å². The molecular weight excluding hydrogens is 430 g/mol. The standard InChI is InChI=1S/C29H60NO2.ClH/c1-5-9-12-13-14-15-16-17-18-19-20-21-22-23-24-25-29(31)28-30(32-8-4,26-10-6-2)27-11-7-3;/h5-28H2,1-4H3;1H/q+1;/p-1. The van der Waals surface area contributed by atoms with Crippen LogP contribution in [0.15, 0.2) is 0 Å². The Morgan fingerprint density at radius 2 is 0.909 bits per heavy atom. The van der Waals surface area contributed by atoms with Crippen LogP contribution in [0.1, 0.15) is 156 Å². The van der Waals surface area contributed by atoms with Crippen molar-refractivity contribution < 1.29 is 26.7 Å². The first kappa shape index (κ1) is 35.0. The van der Waals surface area contributed by atoms with Crippen molar-refractivity contribution in [1.29, 1.82) is 0 Å². The lowest BCUT2D eigenvalue weighted by molar-refractivity contribution is -1.10. The third kappa shape index (κ3) is 22.1. The van der Waals surface area contributed by atoms with E-state index in [2.05, 4.69) is 27.7 Å². The van der Waals surface area contributed by atoms with Crippen molar-refractivity contribution in [3.63, 3.8) is 0 Å². The normalized spacial score (nSPS) is 11.5. The molecule has 0 N–H and O–H groups in total. The van der Waals surface area contributed by atoms with Crippen LogP contribution in [0, 0.1) is 0 Å². The lowest BCUT2D eigenvalue weighted by atomic mass is 10.0. The zero-order chi connectivity index (χ0) is 23.8. The Labute approximate surface area is 214 Å². The molecule has 0 radical (unpaired) electrons. The third-order valence-electron chi connectivity index (χ3n) is 6.77. The minimum absolute atomic E-state index is 0. The largest absolute Gasteiger partial charge is 1.00 e. The zero-order valence-electron chi connectivity index (χ0n) is 23.1. The van der Waals surface area contributed by atoms with Gasteiger partial charge in [0, 0.05) is 6.42 Å². The second kappa shape index (κ2) is 26.5. The van der Waals surface area contributed by atoms with E-state index >= 15 is 0 Å². The van der Waals surface area contributed by atoms with E-state index in [0.29, 0.717) is 23.6 Å². The summed E-state index contributed by atoms with van der Waals surface area (Å²) in [5, 5.41) is 0. The van der Waals surface area contributed by atoms with Gasteiger partial charge in [0.1, 0.15) is 19.7 Å². The van der Waals surface area contributed by atoms with Gasteiger partial charge in [0.05, 0.1) is 0 Å². The Morgan fingerprint density at radius 1 is 0.545 bits per heavy atom. The maximum absolute atomic E-state index is 12.7. The summed E-state index contributed by atoms with van der Waals surface area (Å²) >= 11 is 0. The summed E-state index contributed by atoms with van der Waals surface area (Å²) in [5.74, 6) is 0.403. The molecule has 0 unspecified atom stereocenters. The van der Waals surface area contributed by atoms with E-state index in [1.54, 1.807) is 0 Å². The van der Waals surface area contributed by atoms with Crippen molar-refractivity contribution >= 4 is 5.78 Å². The van der Waals surface area contributed by atoms with Crippen LogP contribution in [-0.2, 0) is 9.63 Å². The molecule has 0 bridgehead atoms. The Kier molecular flexibility index (Phi) is 28.1. The van der Waals surface area contributed by atoms with Crippen LogP contribution in [0.4, 0.5) is 0 Å². The fraction of sp³-hybridized carbons (Fsp3) is 0.966. The Hall–Kier alpha value is -0.120. The first-order valence-electron chi connectivity index (χ1n) is 14.7. The number of carbonyl (C=O) groups excluding carboxylic acids is 1. The van der Waals surface area contributed by atoms with E-state index < -0.39 is 0 Å². The molecule has 0 fully saturated rings. The summed E-state index contributed by atoms with van der Waals surface area (Å²) in [4.78, 5) is 18.8. The predicted octanol–water partition coefficient (Wildman–Crippen LogP) is 6.19. The van der Waals surface area contributed by atoms with E-state index in [-0.39, 0.29) is 12.4 Å². The molecule has 0 aromatic rings. The lowest BCUT2D eigenvalue weighted by Crippen LogP contribution is -3.00. The van der Waals surface area contributed by atoms with Crippen molar-refractivity contribution in [3.8, 4) is 0 Å². The predicted molar refractivity (Wildman–Crippen MR) is 141 cm³/mol. The summed E-state index contributed by atoms with van der Waals surface area (Å²) in [6.07, 6.45) is 25.8. The van der Waals surface area contributed by atoms with E-state index in [1.807, 2.05) is 0 Å². The van der Waals surface area contributed by atoms with Gasteiger partial charge in [0.25, 0.3) is 0 Å². The Balaban J connectivity index is 0. The monoisotopic (exact) mass is 489 g/mol. The molecule has 0 aliphatic carbocycles. The van der Waals surface area contributed by atoms with Gasteiger partial charge in [0.15, 0.2) is 12.3 Å². The number of ketones is 1. The van der Waals surface area contributed by atoms with Gasteiger partial charge >= 0.3 is 0 Å². The molecule has 0 saturated carbocycles. The number of halogens is 1. The highest BCUT2D eigenvalue weighted by molar-refractivity contribution is 5.79. The zero-order valence-corrected chi connectivity index (χ0v) is 23.9. The van der Waals surface area contributed by atoms with Crippen molar-refractivity contribution in [1.82, 2.24) is 0 Å². The average molecular weight is 490 g/mol. The van der Waals surface area contributed by atoms with Gasteiger partial charge in [-0.2, -0.15) is 4.65 Å². The highest BCUT2D eigenvalue weighted by atomic mass is 35.5. The number of hydrogen-bond acceptors (Lipinski definition) is 2. The summed E-state index contributed by atoms with van der Waals surface area (Å²) in [5.41, 5.74) is 0. The van der Waals surface area contributed by atoms with Gasteiger partial charge in [-0.15, -0.1) is 0 Å². The molecule has 0 aliphatic rings. The van der Waals surface area contributed by atoms with Crippen molar-refractivity contribution in [2.24, 2.45) is 0 Å². The van der Waals surface area contributed by atoms with Gasteiger partial charge in [-0.25, -0.2) is 4.84 Å². The minimum atomic E-state index is 0. The molecule has 3 nitrogen and oxygen atoms in total. The van der Waals surface area contributed by atoms with E-state index in [9.17, 15) is 4.79 Å². The molecule has 200 valence electrons. The molecule has 4 heteroatoms. The Morgan fingerprint density at radius 3 is 1.27 bits per heavy atom. The number of carbonyl (C=O) groups is 1. The van der Waals surface area contributed by atoms with Crippen molar-refractivity contribution in [2.75, 3.05) is 26.2 Å². The summed E-state index contributed by atoms with van der Waals surface area (Å²) in [6.45, 7) is 12.0. The van der Waals surface area contributed by atoms with Gasteiger partial charge in [-0.05, 0) is 26.2 Å². The first-order chi connectivity index (χ1) is 15.6. The molecule has 0 amide bonds. The van der Waals surface area contributed by atoms with Gasteiger partial charge < -0.3 is 12.4 Å². The third-order valence-corrected chi connectivity index (χ3v) is 6.77. The molecule has 0 aliphatic heterocycles. The minimum Gasteiger partial charge on any atom is -1.00 e. The number of unbranched alkanes of at least 4 members (excludes halogenated alkanes) is 16. The van der Waals surface area contributed by atoms with Crippen LogP contribution in [-0.4, -0.2) is 36.7 Å². The quantitative estimate of drug-likeness (QED) is 0.0822. The van der Waals surface area contributed by atoms with Crippen LogP contribution >= 0.6 is 0 Å². The van der Waals surface area contributed by atoms with Crippen LogP contribution < -0.4 is 12.4 Å². The van der Waals surface area contributed by atoms with Crippen LogP contribution in [0.25, 0.3) is 0 Å². The molecule has 0 atom stereocenters. The van der Waals surface area contributed by atoms with Crippen molar-refractivity contribution in [2.45, 2.75) is 156 Å². The fourth-order valence-electron chi connectivity index (χ4n) is 4.71. The number of quaternary nitrogens is 1. The van der Waals surface area contributed by atoms with Crippen molar-refractivity contribution in [3.05, 3.63) is 0 Å². The van der Waals surface area contributed by atoms with E-state index in [4.69, 9.17) is 4.84 Å². The molecule has 0 heterocycles. The second-order valence-electron chi connectivity index (χ2n) is 10.0. The topological polar surface area (TPSA) is 26.3 Å². The van der Waals surface area contributed by atoms with Crippen LogP contribution in [0.3, 0.4) is 0 Å². The molecule has 33 heavy (non-hydrogen) atoms. The molecule has 0 spiro atoms. The molecular formula is C29H60ClNO2. The number of hydroxylamine groups is 3. The number of hydrogen-bond donors (Lipinski definition) is 0. The first-order valence-corrected chi connectivity index (χ1v) is 14.7. The molecule has 0 saturated heterocycles. The summed E-state index contributed by atoms with van der Waals surface area (Å²) < 4.78 is 0.565. The molecule has 0 aromatic carbocycles. The SMILES string of the molecule is CCCCCCCCCCCCCCCCCC(=O)C[N+](CCCC)(CCCC)OCC.[Cl-]. The smallest absolute Gasteiger partial charge is 0.189 e. The summed E-state index contributed by atoms with van der Waals surface area (Å²) in [7, 11) is 0. The fourth-order valence-corrected chi connectivity index (χ4v) is 4.71. The number of nitrogens with zero attached hydrogens (tertiary/aromatic N) is 1. The highest BCUT2D eigenvalue weighted by Crippen LogP contribution is 2.17. The number of rotatable bonds is 26. The Bertz CT molecular complexity index is 395. The van der Waals surface area contributed by atoms with Gasteiger partial charge in [-0.1, -0.05) is 124 Å². The summed E-state index contributed by atoms with van der Waals surface area (Å²) in [6, 6.07) is 0. The average Bonchev–Trinajstić information content (AvgIpc) is 2.79. The molecule has 0 aromatic heterocycles.